The van der Waals surface area contributed by atoms with Crippen molar-refractivity contribution in [3.63, 3.8) is 0 Å². The van der Waals surface area contributed by atoms with Crippen LogP contribution < -0.4 is 0 Å². The first-order valence-electron chi connectivity index (χ1n) is 8.70. The number of benzene rings is 2. The molecule has 2 aromatic carbocycles. The molecule has 3 aromatic rings. The molecule has 0 amide bonds. The molecule has 0 saturated carbocycles. The van der Waals surface area contributed by atoms with E-state index in [1.165, 1.54) is 17.7 Å². The van der Waals surface area contributed by atoms with Gasteiger partial charge in [0, 0.05) is 30.4 Å². The number of hydrogen-bond acceptors (Lipinski definition) is 3. The molecule has 0 spiro atoms. The Morgan fingerprint density at radius 1 is 1.12 bits per heavy atom. The average molecular weight is 353 g/mol. The van der Waals surface area contributed by atoms with Crippen molar-refractivity contribution in [2.75, 3.05) is 13.6 Å². The Kier molecular flexibility index (Phi) is 5.49. The molecule has 1 N–H and O–H groups in total. The molecule has 0 unspecified atom stereocenters. The third-order valence-electron chi connectivity index (χ3n) is 4.22. The SMILES string of the molecule is Cc1ccc(-n2cc(CN(C)C[C@@H](C)O)c(-c3ccc(F)cc3)n2)cc1. The van der Waals surface area contributed by atoms with Gasteiger partial charge in [-0.05, 0) is 57.3 Å². The van der Waals surface area contributed by atoms with Gasteiger partial charge in [-0.25, -0.2) is 9.07 Å². The Morgan fingerprint density at radius 3 is 2.38 bits per heavy atom. The summed E-state index contributed by atoms with van der Waals surface area (Å²) < 4.78 is 15.2. The summed E-state index contributed by atoms with van der Waals surface area (Å²) in [5, 5.41) is 14.4. The fourth-order valence-electron chi connectivity index (χ4n) is 3.01. The summed E-state index contributed by atoms with van der Waals surface area (Å²) in [4.78, 5) is 2.05. The monoisotopic (exact) mass is 353 g/mol. The van der Waals surface area contributed by atoms with Crippen molar-refractivity contribution in [1.82, 2.24) is 14.7 Å². The molecule has 0 fully saturated rings. The molecule has 0 saturated heterocycles. The molecule has 136 valence electrons. The van der Waals surface area contributed by atoms with Crippen molar-refractivity contribution in [3.8, 4) is 16.9 Å². The summed E-state index contributed by atoms with van der Waals surface area (Å²) in [6.07, 6.45) is 1.60. The minimum atomic E-state index is -0.401. The average Bonchev–Trinajstić information content (AvgIpc) is 2.99. The third kappa shape index (κ3) is 4.36. The van der Waals surface area contributed by atoms with Crippen LogP contribution in [0.25, 0.3) is 16.9 Å². The zero-order chi connectivity index (χ0) is 18.7. The molecule has 26 heavy (non-hydrogen) atoms. The van der Waals surface area contributed by atoms with Gasteiger partial charge in [-0.15, -0.1) is 0 Å². The van der Waals surface area contributed by atoms with Gasteiger partial charge in [-0.2, -0.15) is 5.10 Å². The first kappa shape index (κ1) is 18.3. The van der Waals surface area contributed by atoms with Crippen LogP contribution >= 0.6 is 0 Å². The van der Waals surface area contributed by atoms with Crippen molar-refractivity contribution in [1.29, 1.82) is 0 Å². The fraction of sp³-hybridized carbons (Fsp3) is 0.286. The van der Waals surface area contributed by atoms with Crippen LogP contribution in [0.1, 0.15) is 18.1 Å². The van der Waals surface area contributed by atoms with E-state index in [1.54, 1.807) is 19.1 Å². The smallest absolute Gasteiger partial charge is 0.123 e. The van der Waals surface area contributed by atoms with E-state index in [-0.39, 0.29) is 5.82 Å². The van der Waals surface area contributed by atoms with Crippen LogP contribution in [0.15, 0.2) is 54.7 Å². The van der Waals surface area contributed by atoms with Crippen LogP contribution in [0.3, 0.4) is 0 Å². The molecule has 1 heterocycles. The number of halogens is 1. The van der Waals surface area contributed by atoms with Crippen LogP contribution in [-0.4, -0.2) is 39.5 Å². The van der Waals surface area contributed by atoms with E-state index in [9.17, 15) is 9.50 Å². The van der Waals surface area contributed by atoms with Crippen LogP contribution in [0, 0.1) is 12.7 Å². The van der Waals surface area contributed by atoms with Gasteiger partial charge < -0.3 is 5.11 Å². The van der Waals surface area contributed by atoms with Gasteiger partial charge in [0.15, 0.2) is 0 Å². The summed E-state index contributed by atoms with van der Waals surface area (Å²) in [6.45, 7) is 5.03. The quantitative estimate of drug-likeness (QED) is 0.733. The van der Waals surface area contributed by atoms with E-state index in [2.05, 4.69) is 0 Å². The molecule has 0 aliphatic carbocycles. The molecule has 0 aliphatic heterocycles. The van der Waals surface area contributed by atoms with Gasteiger partial charge in [0.05, 0.1) is 17.5 Å². The van der Waals surface area contributed by atoms with E-state index >= 15 is 0 Å². The molecule has 5 heteroatoms. The number of aromatic nitrogens is 2. The molecule has 1 aromatic heterocycles. The number of likely N-dealkylation sites (N-methyl/N-ethyl adjacent to an activating group) is 1. The lowest BCUT2D eigenvalue weighted by atomic mass is 10.1. The molecular formula is C21H24FN3O. The molecule has 0 aliphatic rings. The maximum Gasteiger partial charge on any atom is 0.123 e. The second-order valence-corrected chi connectivity index (χ2v) is 6.84. The van der Waals surface area contributed by atoms with E-state index in [1.807, 2.05) is 54.0 Å². The largest absolute Gasteiger partial charge is 0.392 e. The van der Waals surface area contributed by atoms with E-state index in [0.29, 0.717) is 13.1 Å². The second-order valence-electron chi connectivity index (χ2n) is 6.84. The predicted molar refractivity (Wildman–Crippen MR) is 102 cm³/mol. The van der Waals surface area contributed by atoms with Crippen LogP contribution in [0.5, 0.6) is 0 Å². The van der Waals surface area contributed by atoms with Crippen LogP contribution in [-0.2, 0) is 6.54 Å². The molecule has 0 bridgehead atoms. The Bertz CT molecular complexity index is 854. The first-order chi connectivity index (χ1) is 12.4. The van der Waals surface area contributed by atoms with Gasteiger partial charge in [0.2, 0.25) is 0 Å². The lowest BCUT2D eigenvalue weighted by Gasteiger charge is -2.18. The summed E-state index contributed by atoms with van der Waals surface area (Å²) in [7, 11) is 1.96. The zero-order valence-electron chi connectivity index (χ0n) is 15.4. The fourth-order valence-corrected chi connectivity index (χ4v) is 3.01. The van der Waals surface area contributed by atoms with Gasteiger partial charge in [0.1, 0.15) is 5.82 Å². The third-order valence-corrected chi connectivity index (χ3v) is 4.22. The predicted octanol–water partition coefficient (Wildman–Crippen LogP) is 3.80. The Morgan fingerprint density at radius 2 is 1.77 bits per heavy atom. The summed E-state index contributed by atoms with van der Waals surface area (Å²) in [5.74, 6) is -0.264. The molecule has 1 atom stereocenters. The zero-order valence-corrected chi connectivity index (χ0v) is 15.4. The van der Waals surface area contributed by atoms with Crippen molar-refractivity contribution in [3.05, 3.63) is 71.7 Å². The highest BCUT2D eigenvalue weighted by Crippen LogP contribution is 2.25. The van der Waals surface area contributed by atoms with E-state index < -0.39 is 6.10 Å². The minimum absolute atomic E-state index is 0.264. The van der Waals surface area contributed by atoms with Gasteiger partial charge >= 0.3 is 0 Å². The van der Waals surface area contributed by atoms with Gasteiger partial charge in [-0.1, -0.05) is 17.7 Å². The maximum absolute atomic E-state index is 13.3. The van der Waals surface area contributed by atoms with E-state index in [4.69, 9.17) is 5.10 Å². The Hall–Kier alpha value is -2.50. The Labute approximate surface area is 153 Å². The number of rotatable bonds is 6. The number of hydrogen-bond donors (Lipinski definition) is 1. The highest BCUT2D eigenvalue weighted by molar-refractivity contribution is 5.63. The number of aryl methyl sites for hydroxylation is 1. The molecule has 4 nitrogen and oxygen atoms in total. The number of aliphatic hydroxyl groups is 1. The highest BCUT2D eigenvalue weighted by atomic mass is 19.1. The highest BCUT2D eigenvalue weighted by Gasteiger charge is 2.15. The summed E-state index contributed by atoms with van der Waals surface area (Å²) >= 11 is 0. The minimum Gasteiger partial charge on any atom is -0.392 e. The van der Waals surface area contributed by atoms with Crippen LogP contribution in [0.4, 0.5) is 4.39 Å². The molecule has 3 rings (SSSR count). The van der Waals surface area contributed by atoms with Crippen molar-refractivity contribution < 1.29 is 9.50 Å². The lowest BCUT2D eigenvalue weighted by Crippen LogP contribution is -2.26. The van der Waals surface area contributed by atoms with Crippen molar-refractivity contribution in [2.45, 2.75) is 26.5 Å². The van der Waals surface area contributed by atoms with Crippen molar-refractivity contribution >= 4 is 0 Å². The molecular weight excluding hydrogens is 329 g/mol. The second kappa shape index (κ2) is 7.81. The molecule has 0 radical (unpaired) electrons. The van der Waals surface area contributed by atoms with Gasteiger partial charge in [0.25, 0.3) is 0 Å². The lowest BCUT2D eigenvalue weighted by molar-refractivity contribution is 0.138. The van der Waals surface area contributed by atoms with Gasteiger partial charge in [-0.3, -0.25) is 4.90 Å². The summed E-state index contributed by atoms with van der Waals surface area (Å²) in [5.41, 5.74) is 4.89. The van der Waals surface area contributed by atoms with Crippen LogP contribution in [0.2, 0.25) is 0 Å². The maximum atomic E-state index is 13.3. The Balaban J connectivity index is 1.99. The van der Waals surface area contributed by atoms with E-state index in [0.717, 1.165) is 22.5 Å². The topological polar surface area (TPSA) is 41.3 Å². The first-order valence-corrected chi connectivity index (χ1v) is 8.70. The van der Waals surface area contributed by atoms with Crippen molar-refractivity contribution in [2.24, 2.45) is 0 Å². The summed E-state index contributed by atoms with van der Waals surface area (Å²) in [6, 6.07) is 14.5. The number of nitrogens with zero attached hydrogens (tertiary/aromatic N) is 3. The standard InChI is InChI=1S/C21H24FN3O/c1-15-4-10-20(11-5-15)25-14-18(13-24(3)12-16(2)26)21(23-25)17-6-8-19(22)9-7-17/h4-11,14,16,26H,12-13H2,1-3H3/t16-/m1/s1. The normalized spacial score (nSPS) is 12.5. The number of aliphatic hydroxyl groups excluding tert-OH is 1.